The number of rotatable bonds is 4. The van der Waals surface area contributed by atoms with E-state index >= 15 is 0 Å². The van der Waals surface area contributed by atoms with E-state index in [0.717, 1.165) is 5.56 Å². The van der Waals surface area contributed by atoms with E-state index in [4.69, 9.17) is 28.3 Å². The zero-order valence-corrected chi connectivity index (χ0v) is 12.3. The molecule has 2 rings (SSSR count). The van der Waals surface area contributed by atoms with E-state index < -0.39 is 5.97 Å². The molecule has 1 amide bonds. The zero-order chi connectivity index (χ0) is 15.4. The first-order valence-electron chi connectivity index (χ1n) is 6.03. The number of amides is 1. The number of carbonyl (C=O) groups excluding carboxylic acids is 1. The van der Waals surface area contributed by atoms with Gasteiger partial charge in [0.2, 0.25) is 0 Å². The number of nitrogens with one attached hydrogen (secondary N) is 1. The molecule has 0 aliphatic heterocycles. The first-order valence-corrected chi connectivity index (χ1v) is 6.79. The zero-order valence-electron chi connectivity index (χ0n) is 10.8. The van der Waals surface area contributed by atoms with Gasteiger partial charge in [-0.25, -0.2) is 4.79 Å². The van der Waals surface area contributed by atoms with Crippen LogP contribution in [0.3, 0.4) is 0 Å². The van der Waals surface area contributed by atoms with Gasteiger partial charge in [-0.15, -0.1) is 0 Å². The number of hydrogen-bond acceptors (Lipinski definition) is 2. The Kier molecular flexibility index (Phi) is 4.83. The molecule has 0 saturated carbocycles. The minimum absolute atomic E-state index is 0.197. The summed E-state index contributed by atoms with van der Waals surface area (Å²) < 4.78 is 0. The smallest absolute Gasteiger partial charge is 0.335 e. The normalized spacial score (nSPS) is 10.2. The Hall–Kier alpha value is -2.04. The molecule has 4 nitrogen and oxygen atoms in total. The Bertz CT molecular complexity index is 684. The maximum atomic E-state index is 12.0. The van der Waals surface area contributed by atoms with Gasteiger partial charge in [-0.2, -0.15) is 0 Å². The number of benzene rings is 2. The fourth-order valence-corrected chi connectivity index (χ4v) is 2.11. The maximum absolute atomic E-state index is 12.0. The van der Waals surface area contributed by atoms with Crippen LogP contribution in [0.2, 0.25) is 10.0 Å². The van der Waals surface area contributed by atoms with Gasteiger partial charge in [0.15, 0.2) is 0 Å². The molecule has 0 spiro atoms. The Labute approximate surface area is 131 Å². The average Bonchev–Trinajstić information content (AvgIpc) is 2.48. The Morgan fingerprint density at radius 1 is 1.05 bits per heavy atom. The molecule has 0 unspecified atom stereocenters. The maximum Gasteiger partial charge on any atom is 0.335 e. The van der Waals surface area contributed by atoms with Gasteiger partial charge in [-0.1, -0.05) is 41.4 Å². The fraction of sp³-hybridized carbons (Fsp3) is 0.0667. The van der Waals surface area contributed by atoms with Crippen LogP contribution < -0.4 is 5.32 Å². The van der Waals surface area contributed by atoms with Gasteiger partial charge < -0.3 is 10.4 Å². The third-order valence-electron chi connectivity index (χ3n) is 2.85. The Morgan fingerprint density at radius 2 is 1.71 bits per heavy atom. The third-order valence-corrected chi connectivity index (χ3v) is 3.67. The van der Waals surface area contributed by atoms with Crippen molar-refractivity contribution in [3.05, 3.63) is 69.2 Å². The summed E-state index contributed by atoms with van der Waals surface area (Å²) >= 11 is 11.8. The average molecular weight is 324 g/mol. The van der Waals surface area contributed by atoms with Gasteiger partial charge in [-0.3, -0.25) is 4.79 Å². The number of aromatic carboxylic acids is 1. The van der Waals surface area contributed by atoms with Crippen LogP contribution in [0.5, 0.6) is 0 Å². The minimum Gasteiger partial charge on any atom is -0.478 e. The van der Waals surface area contributed by atoms with Crippen molar-refractivity contribution in [1.29, 1.82) is 0 Å². The summed E-state index contributed by atoms with van der Waals surface area (Å²) in [5.74, 6) is -1.33. The SMILES string of the molecule is O=C(O)c1ccc(CNC(=O)c2cccc(Cl)c2Cl)cc1. The van der Waals surface area contributed by atoms with Crippen molar-refractivity contribution in [2.75, 3.05) is 0 Å². The molecule has 0 saturated heterocycles. The monoisotopic (exact) mass is 323 g/mol. The molecular weight excluding hydrogens is 313 g/mol. The minimum atomic E-state index is -0.990. The molecule has 0 heterocycles. The number of carbonyl (C=O) groups is 2. The summed E-state index contributed by atoms with van der Waals surface area (Å²) in [5.41, 5.74) is 1.28. The summed E-state index contributed by atoms with van der Waals surface area (Å²) in [6.07, 6.45) is 0. The van der Waals surface area contributed by atoms with Crippen molar-refractivity contribution in [1.82, 2.24) is 5.32 Å². The number of halogens is 2. The Balaban J connectivity index is 2.04. The summed E-state index contributed by atoms with van der Waals surface area (Å²) in [7, 11) is 0. The van der Waals surface area contributed by atoms with E-state index in [9.17, 15) is 9.59 Å². The van der Waals surface area contributed by atoms with E-state index in [1.54, 1.807) is 30.3 Å². The summed E-state index contributed by atoms with van der Waals surface area (Å²) in [5, 5.41) is 12.0. The van der Waals surface area contributed by atoms with E-state index in [1.807, 2.05) is 0 Å². The van der Waals surface area contributed by atoms with Crippen molar-refractivity contribution in [3.63, 3.8) is 0 Å². The lowest BCUT2D eigenvalue weighted by Crippen LogP contribution is -2.23. The van der Waals surface area contributed by atoms with Crippen LogP contribution in [-0.2, 0) is 6.54 Å². The highest BCUT2D eigenvalue weighted by molar-refractivity contribution is 6.43. The molecule has 6 heteroatoms. The van der Waals surface area contributed by atoms with Crippen molar-refractivity contribution in [2.45, 2.75) is 6.54 Å². The highest BCUT2D eigenvalue weighted by Gasteiger charge is 2.12. The first kappa shape index (κ1) is 15.4. The molecule has 0 aliphatic rings. The standard InChI is InChI=1S/C15H11Cl2NO3/c16-12-3-1-2-11(13(12)17)14(19)18-8-9-4-6-10(7-5-9)15(20)21/h1-7H,8H2,(H,18,19)(H,20,21). The second kappa shape index (κ2) is 6.61. The molecule has 0 atom stereocenters. The van der Waals surface area contributed by atoms with Gasteiger partial charge in [0.05, 0.1) is 21.2 Å². The molecule has 0 aliphatic carbocycles. The molecule has 2 N–H and O–H groups in total. The summed E-state index contributed by atoms with van der Waals surface area (Å²) in [4.78, 5) is 22.8. The van der Waals surface area contributed by atoms with E-state index in [1.165, 1.54) is 12.1 Å². The van der Waals surface area contributed by atoms with Crippen LogP contribution in [-0.4, -0.2) is 17.0 Å². The highest BCUT2D eigenvalue weighted by Crippen LogP contribution is 2.25. The summed E-state index contributed by atoms with van der Waals surface area (Å²) in [6, 6.07) is 11.1. The quantitative estimate of drug-likeness (QED) is 0.903. The number of carboxylic acids is 1. The predicted molar refractivity (Wildman–Crippen MR) is 81.0 cm³/mol. The van der Waals surface area contributed by atoms with Crippen molar-refractivity contribution < 1.29 is 14.7 Å². The fourth-order valence-electron chi connectivity index (χ4n) is 1.72. The van der Waals surface area contributed by atoms with Crippen molar-refractivity contribution >= 4 is 35.1 Å². The summed E-state index contributed by atoms with van der Waals surface area (Å²) in [6.45, 7) is 0.265. The largest absolute Gasteiger partial charge is 0.478 e. The molecule has 2 aromatic rings. The van der Waals surface area contributed by atoms with Gasteiger partial charge >= 0.3 is 5.97 Å². The second-order valence-electron chi connectivity index (χ2n) is 4.29. The van der Waals surface area contributed by atoms with Crippen molar-refractivity contribution in [2.24, 2.45) is 0 Å². The number of hydrogen-bond donors (Lipinski definition) is 2. The van der Waals surface area contributed by atoms with E-state index in [0.29, 0.717) is 10.6 Å². The molecule has 0 aromatic heterocycles. The number of carboxylic acid groups (broad SMARTS) is 1. The molecule has 0 bridgehead atoms. The van der Waals surface area contributed by atoms with Gasteiger partial charge in [0.1, 0.15) is 0 Å². The molecular formula is C15H11Cl2NO3. The van der Waals surface area contributed by atoms with Crippen LogP contribution in [0, 0.1) is 0 Å². The predicted octanol–water partition coefficient (Wildman–Crippen LogP) is 3.62. The highest BCUT2D eigenvalue weighted by atomic mass is 35.5. The van der Waals surface area contributed by atoms with Gasteiger partial charge in [0, 0.05) is 6.54 Å². The second-order valence-corrected chi connectivity index (χ2v) is 5.07. The lowest BCUT2D eigenvalue weighted by atomic mass is 10.1. The van der Waals surface area contributed by atoms with Gasteiger partial charge in [0.25, 0.3) is 5.91 Å². The van der Waals surface area contributed by atoms with Crippen LogP contribution in [0.4, 0.5) is 0 Å². The van der Waals surface area contributed by atoms with Crippen LogP contribution in [0.25, 0.3) is 0 Å². The van der Waals surface area contributed by atoms with Gasteiger partial charge in [-0.05, 0) is 29.8 Å². The van der Waals surface area contributed by atoms with Crippen LogP contribution >= 0.6 is 23.2 Å². The first-order chi connectivity index (χ1) is 9.99. The van der Waals surface area contributed by atoms with E-state index in [-0.39, 0.29) is 23.0 Å². The van der Waals surface area contributed by atoms with Crippen molar-refractivity contribution in [3.8, 4) is 0 Å². The van der Waals surface area contributed by atoms with E-state index in [2.05, 4.69) is 5.32 Å². The van der Waals surface area contributed by atoms with Crippen LogP contribution in [0.1, 0.15) is 26.3 Å². The molecule has 0 radical (unpaired) electrons. The lowest BCUT2D eigenvalue weighted by Gasteiger charge is -2.08. The Morgan fingerprint density at radius 3 is 2.33 bits per heavy atom. The molecule has 0 fully saturated rings. The molecule has 21 heavy (non-hydrogen) atoms. The van der Waals surface area contributed by atoms with Crippen LogP contribution in [0.15, 0.2) is 42.5 Å². The third kappa shape index (κ3) is 3.74. The lowest BCUT2D eigenvalue weighted by molar-refractivity contribution is 0.0696. The molecule has 2 aromatic carbocycles. The molecule has 108 valence electrons. The topological polar surface area (TPSA) is 66.4 Å².